The first kappa shape index (κ1) is 13.7. The van der Waals surface area contributed by atoms with Gasteiger partial charge in [-0.2, -0.15) is 5.26 Å². The Bertz CT molecular complexity index is 898. The number of anilines is 2. The lowest BCUT2D eigenvalue weighted by Gasteiger charge is -2.27. The van der Waals surface area contributed by atoms with Gasteiger partial charge in [0.1, 0.15) is 6.07 Å². The number of benzene rings is 2. The Morgan fingerprint density at radius 3 is 2.57 bits per heavy atom. The highest BCUT2D eigenvalue weighted by Crippen LogP contribution is 2.39. The van der Waals surface area contributed by atoms with Crippen molar-refractivity contribution in [2.24, 2.45) is 0 Å². The van der Waals surface area contributed by atoms with E-state index < -0.39 is 9.84 Å². The first-order valence-electron chi connectivity index (χ1n) is 6.05. The zero-order chi connectivity index (χ0) is 15.0. The summed E-state index contributed by atoms with van der Waals surface area (Å²) < 4.78 is 24.7. The molecular formula is C15H9ClN2O2S. The Hall–Kier alpha value is -2.29. The molecule has 0 N–H and O–H groups in total. The molecule has 0 saturated heterocycles. The minimum atomic E-state index is -3.76. The molecule has 1 aliphatic rings. The highest BCUT2D eigenvalue weighted by Gasteiger charge is 2.31. The minimum Gasteiger partial charge on any atom is -0.314 e. The fraction of sp³-hybridized carbons (Fsp3) is 0. The summed E-state index contributed by atoms with van der Waals surface area (Å²) in [6, 6.07) is 15.3. The summed E-state index contributed by atoms with van der Waals surface area (Å²) in [4.78, 5) is 1.48. The topological polar surface area (TPSA) is 61.2 Å². The second-order valence-corrected chi connectivity index (χ2v) is 6.75. The molecule has 4 nitrogen and oxygen atoms in total. The summed E-state index contributed by atoms with van der Waals surface area (Å²) in [7, 11) is -3.76. The van der Waals surface area contributed by atoms with Crippen molar-refractivity contribution in [1.82, 2.24) is 0 Å². The van der Waals surface area contributed by atoms with Crippen molar-refractivity contribution in [2.75, 3.05) is 4.90 Å². The standard InChI is InChI=1S/C15H9ClN2O2S/c16-11-4-3-5-12(8-11)18-10-13(9-17)21(19,20)15-7-2-1-6-14(15)18/h1-8,10H. The van der Waals surface area contributed by atoms with Gasteiger partial charge in [-0.1, -0.05) is 29.8 Å². The van der Waals surface area contributed by atoms with Crippen LogP contribution in [0, 0.1) is 11.3 Å². The van der Waals surface area contributed by atoms with Crippen LogP contribution in [0.15, 0.2) is 64.5 Å². The molecule has 6 heteroatoms. The predicted molar refractivity (Wildman–Crippen MR) is 80.9 cm³/mol. The summed E-state index contributed by atoms with van der Waals surface area (Å²) >= 11 is 5.99. The molecule has 0 radical (unpaired) electrons. The molecule has 1 aliphatic heterocycles. The lowest BCUT2D eigenvalue weighted by molar-refractivity contribution is 0.602. The maximum atomic E-state index is 12.3. The number of hydrogen-bond acceptors (Lipinski definition) is 4. The number of fused-ring (bicyclic) bond motifs is 1. The average molecular weight is 317 g/mol. The molecule has 0 aliphatic carbocycles. The second kappa shape index (κ2) is 4.92. The van der Waals surface area contributed by atoms with Crippen molar-refractivity contribution in [3.8, 4) is 6.07 Å². The van der Waals surface area contributed by atoms with Crippen molar-refractivity contribution < 1.29 is 8.42 Å². The van der Waals surface area contributed by atoms with Gasteiger partial charge in [-0.15, -0.1) is 0 Å². The maximum absolute atomic E-state index is 12.3. The molecule has 0 aromatic heterocycles. The van der Waals surface area contributed by atoms with E-state index >= 15 is 0 Å². The molecular weight excluding hydrogens is 308 g/mol. The highest BCUT2D eigenvalue weighted by atomic mass is 35.5. The molecule has 0 atom stereocenters. The first-order chi connectivity index (χ1) is 10.0. The van der Waals surface area contributed by atoms with Gasteiger partial charge < -0.3 is 4.90 Å². The smallest absolute Gasteiger partial charge is 0.220 e. The number of nitrogens with zero attached hydrogens (tertiary/aromatic N) is 2. The molecule has 0 unspecified atom stereocenters. The van der Waals surface area contributed by atoms with Crippen LogP contribution in [0.2, 0.25) is 5.02 Å². The Kier molecular flexibility index (Phi) is 3.20. The van der Waals surface area contributed by atoms with E-state index in [1.165, 1.54) is 12.3 Å². The van der Waals surface area contributed by atoms with Crippen molar-refractivity contribution in [2.45, 2.75) is 4.90 Å². The molecule has 104 valence electrons. The van der Waals surface area contributed by atoms with Gasteiger partial charge in [-0.05, 0) is 30.3 Å². The first-order valence-corrected chi connectivity index (χ1v) is 7.91. The monoisotopic (exact) mass is 316 g/mol. The molecule has 3 rings (SSSR count). The Balaban J connectivity index is 2.29. The highest BCUT2D eigenvalue weighted by molar-refractivity contribution is 7.95. The minimum absolute atomic E-state index is 0.115. The number of para-hydroxylation sites is 1. The Morgan fingerprint density at radius 2 is 1.86 bits per heavy atom. The Labute approximate surface area is 127 Å². The summed E-state index contributed by atoms with van der Waals surface area (Å²) in [5, 5.41) is 9.65. The predicted octanol–water partition coefficient (Wildman–Crippen LogP) is 3.63. The van der Waals surface area contributed by atoms with Gasteiger partial charge in [-0.25, -0.2) is 8.42 Å². The number of sulfone groups is 1. The quantitative estimate of drug-likeness (QED) is 0.806. The zero-order valence-electron chi connectivity index (χ0n) is 10.7. The van der Waals surface area contributed by atoms with E-state index in [2.05, 4.69) is 0 Å². The molecule has 2 aromatic carbocycles. The summed E-state index contributed by atoms with van der Waals surface area (Å²) in [5.41, 5.74) is 1.19. The van der Waals surface area contributed by atoms with Gasteiger partial charge in [0.2, 0.25) is 9.84 Å². The normalized spacial score (nSPS) is 15.8. The van der Waals surface area contributed by atoms with Crippen LogP contribution in [0.4, 0.5) is 11.4 Å². The lowest BCUT2D eigenvalue weighted by atomic mass is 10.2. The average Bonchev–Trinajstić information content (AvgIpc) is 2.47. The summed E-state index contributed by atoms with van der Waals surface area (Å²) in [6.45, 7) is 0. The maximum Gasteiger partial charge on any atom is 0.220 e. The molecule has 0 saturated carbocycles. The van der Waals surface area contributed by atoms with E-state index in [1.54, 1.807) is 53.4 Å². The Morgan fingerprint density at radius 1 is 1.10 bits per heavy atom. The van der Waals surface area contributed by atoms with Crippen LogP contribution in [0.3, 0.4) is 0 Å². The number of rotatable bonds is 1. The number of halogens is 1. The van der Waals surface area contributed by atoms with Gasteiger partial charge in [0.05, 0.1) is 10.6 Å². The van der Waals surface area contributed by atoms with Gasteiger partial charge in [0.25, 0.3) is 0 Å². The largest absolute Gasteiger partial charge is 0.314 e. The SMILES string of the molecule is N#CC1=CN(c2cccc(Cl)c2)c2ccccc2S1(=O)=O. The number of nitriles is 1. The van der Waals surface area contributed by atoms with Gasteiger partial charge in [-0.3, -0.25) is 0 Å². The van der Waals surface area contributed by atoms with Gasteiger partial charge in [0, 0.05) is 16.9 Å². The second-order valence-electron chi connectivity index (χ2n) is 4.43. The molecule has 0 fully saturated rings. The van der Waals surface area contributed by atoms with Crippen LogP contribution in [-0.4, -0.2) is 8.42 Å². The van der Waals surface area contributed by atoms with Crippen molar-refractivity contribution in [3.63, 3.8) is 0 Å². The molecule has 0 amide bonds. The summed E-state index contributed by atoms with van der Waals surface area (Å²) in [6.07, 6.45) is 1.32. The fourth-order valence-corrected chi connectivity index (χ4v) is 3.67. The van der Waals surface area contributed by atoms with Crippen LogP contribution in [-0.2, 0) is 9.84 Å². The van der Waals surface area contributed by atoms with Crippen LogP contribution in [0.25, 0.3) is 0 Å². The summed E-state index contributed by atoms with van der Waals surface area (Å²) in [5.74, 6) is 0. The van der Waals surface area contributed by atoms with Crippen LogP contribution >= 0.6 is 11.6 Å². The van der Waals surface area contributed by atoms with E-state index in [9.17, 15) is 8.42 Å². The van der Waals surface area contributed by atoms with Crippen LogP contribution < -0.4 is 4.90 Å². The lowest BCUT2D eigenvalue weighted by Crippen LogP contribution is -2.21. The fourth-order valence-electron chi connectivity index (χ4n) is 2.19. The van der Waals surface area contributed by atoms with Crippen molar-refractivity contribution in [1.29, 1.82) is 5.26 Å². The third kappa shape index (κ3) is 2.19. The molecule has 0 spiro atoms. The zero-order valence-corrected chi connectivity index (χ0v) is 12.3. The van der Waals surface area contributed by atoms with E-state index in [0.717, 1.165) is 0 Å². The van der Waals surface area contributed by atoms with Crippen LogP contribution in [0.1, 0.15) is 0 Å². The van der Waals surface area contributed by atoms with E-state index in [-0.39, 0.29) is 9.80 Å². The van der Waals surface area contributed by atoms with E-state index in [4.69, 9.17) is 16.9 Å². The van der Waals surface area contributed by atoms with Crippen LogP contribution in [0.5, 0.6) is 0 Å². The van der Waals surface area contributed by atoms with Crippen molar-refractivity contribution in [3.05, 3.63) is 64.7 Å². The van der Waals surface area contributed by atoms with E-state index in [1.807, 2.05) is 0 Å². The molecule has 21 heavy (non-hydrogen) atoms. The van der Waals surface area contributed by atoms with Gasteiger partial charge >= 0.3 is 0 Å². The number of hydrogen-bond donors (Lipinski definition) is 0. The van der Waals surface area contributed by atoms with E-state index in [0.29, 0.717) is 16.4 Å². The number of allylic oxidation sites excluding steroid dienone is 1. The molecule has 2 aromatic rings. The van der Waals surface area contributed by atoms with Crippen molar-refractivity contribution >= 4 is 32.8 Å². The third-order valence-electron chi connectivity index (χ3n) is 3.15. The molecule has 1 heterocycles. The third-order valence-corrected chi connectivity index (χ3v) is 5.08. The van der Waals surface area contributed by atoms with Gasteiger partial charge in [0.15, 0.2) is 4.91 Å². The molecule has 0 bridgehead atoms.